The van der Waals surface area contributed by atoms with Gasteiger partial charge in [-0.15, -0.1) is 0 Å². The summed E-state index contributed by atoms with van der Waals surface area (Å²) in [6.07, 6.45) is 1.23. The van der Waals surface area contributed by atoms with E-state index in [2.05, 4.69) is 21.8 Å². The van der Waals surface area contributed by atoms with Crippen LogP contribution in [-0.4, -0.2) is 42.1 Å². The van der Waals surface area contributed by atoms with Crippen molar-refractivity contribution >= 4 is 11.7 Å². The third kappa shape index (κ3) is 3.65. The molecule has 1 fully saturated rings. The molecule has 0 radical (unpaired) electrons. The fourth-order valence-electron chi connectivity index (χ4n) is 1.80. The minimum Gasteiger partial charge on any atom is -0.379 e. The largest absolute Gasteiger partial charge is 0.379 e. The maximum atomic E-state index is 11.2. The molecule has 2 rings (SSSR count). The molecule has 0 unspecified atom stereocenters. The van der Waals surface area contributed by atoms with Gasteiger partial charge in [0.05, 0.1) is 18.9 Å². The van der Waals surface area contributed by atoms with Gasteiger partial charge in [-0.25, -0.2) is 4.98 Å². The standard InChI is InChI=1S/C13H17N3O2/c1-2-13(17)15-12-5-3-4-11(14-12)10-16-6-8-18-9-7-16/h2-5H,1,6-10H2,(H,14,15,17). The molecule has 0 saturated carbocycles. The average molecular weight is 247 g/mol. The van der Waals surface area contributed by atoms with Crippen LogP contribution in [0.15, 0.2) is 30.9 Å². The van der Waals surface area contributed by atoms with Gasteiger partial charge in [0.2, 0.25) is 5.91 Å². The first-order valence-corrected chi connectivity index (χ1v) is 5.97. The van der Waals surface area contributed by atoms with Crippen molar-refractivity contribution in [3.05, 3.63) is 36.5 Å². The van der Waals surface area contributed by atoms with Gasteiger partial charge in [-0.1, -0.05) is 12.6 Å². The zero-order chi connectivity index (χ0) is 12.8. The molecule has 0 atom stereocenters. The lowest BCUT2D eigenvalue weighted by Gasteiger charge is -2.26. The summed E-state index contributed by atoms with van der Waals surface area (Å²) < 4.78 is 5.30. The smallest absolute Gasteiger partial charge is 0.248 e. The third-order valence-electron chi connectivity index (χ3n) is 2.73. The third-order valence-corrected chi connectivity index (χ3v) is 2.73. The van der Waals surface area contributed by atoms with Gasteiger partial charge in [0.25, 0.3) is 0 Å². The molecule has 1 saturated heterocycles. The minimum atomic E-state index is -0.244. The van der Waals surface area contributed by atoms with Crippen molar-refractivity contribution in [1.29, 1.82) is 0 Å². The van der Waals surface area contributed by atoms with E-state index in [1.165, 1.54) is 6.08 Å². The first kappa shape index (κ1) is 12.7. The Morgan fingerprint density at radius 3 is 3.00 bits per heavy atom. The van der Waals surface area contributed by atoms with E-state index in [0.717, 1.165) is 38.5 Å². The van der Waals surface area contributed by atoms with Gasteiger partial charge in [0.15, 0.2) is 0 Å². The van der Waals surface area contributed by atoms with Crippen LogP contribution in [0.1, 0.15) is 5.69 Å². The normalized spacial score (nSPS) is 16.2. The number of hydrogen-bond acceptors (Lipinski definition) is 4. The Balaban J connectivity index is 1.97. The second kappa shape index (κ2) is 6.28. The van der Waals surface area contributed by atoms with Crippen molar-refractivity contribution in [3.8, 4) is 0 Å². The van der Waals surface area contributed by atoms with E-state index < -0.39 is 0 Å². The first-order valence-electron chi connectivity index (χ1n) is 5.97. The van der Waals surface area contributed by atoms with Gasteiger partial charge in [0.1, 0.15) is 5.82 Å². The molecule has 0 spiro atoms. The number of ether oxygens (including phenoxy) is 1. The Kier molecular flexibility index (Phi) is 4.44. The molecule has 1 amide bonds. The van der Waals surface area contributed by atoms with Gasteiger partial charge < -0.3 is 10.1 Å². The SMILES string of the molecule is C=CC(=O)Nc1cccc(CN2CCOCC2)n1. The minimum absolute atomic E-state index is 0.244. The summed E-state index contributed by atoms with van der Waals surface area (Å²) in [5.41, 5.74) is 0.943. The van der Waals surface area contributed by atoms with Crippen molar-refractivity contribution in [2.75, 3.05) is 31.6 Å². The summed E-state index contributed by atoms with van der Waals surface area (Å²) in [6.45, 7) is 7.57. The van der Waals surface area contributed by atoms with Gasteiger partial charge in [0, 0.05) is 19.6 Å². The zero-order valence-electron chi connectivity index (χ0n) is 10.3. The van der Waals surface area contributed by atoms with Crippen molar-refractivity contribution in [3.63, 3.8) is 0 Å². The maximum absolute atomic E-state index is 11.2. The average Bonchev–Trinajstić information content (AvgIpc) is 2.40. The highest BCUT2D eigenvalue weighted by molar-refractivity contribution is 5.98. The monoisotopic (exact) mass is 247 g/mol. The number of rotatable bonds is 4. The molecular weight excluding hydrogens is 230 g/mol. The molecule has 2 heterocycles. The predicted octanol–water partition coefficient (Wildman–Crippen LogP) is 1.04. The topological polar surface area (TPSA) is 54.5 Å². The lowest BCUT2D eigenvalue weighted by Crippen LogP contribution is -2.35. The van der Waals surface area contributed by atoms with Crippen LogP contribution in [0.3, 0.4) is 0 Å². The Morgan fingerprint density at radius 1 is 1.50 bits per heavy atom. The second-order valence-corrected chi connectivity index (χ2v) is 4.10. The van der Waals surface area contributed by atoms with Crippen LogP contribution in [0.5, 0.6) is 0 Å². The van der Waals surface area contributed by atoms with E-state index in [4.69, 9.17) is 4.74 Å². The number of anilines is 1. The molecule has 1 aliphatic heterocycles. The highest BCUT2D eigenvalue weighted by Gasteiger charge is 2.11. The van der Waals surface area contributed by atoms with Gasteiger partial charge >= 0.3 is 0 Å². The van der Waals surface area contributed by atoms with Crippen molar-refractivity contribution in [2.45, 2.75) is 6.54 Å². The molecule has 1 aliphatic rings. The summed E-state index contributed by atoms with van der Waals surface area (Å²) in [6, 6.07) is 5.62. The fourth-order valence-corrected chi connectivity index (χ4v) is 1.80. The second-order valence-electron chi connectivity index (χ2n) is 4.10. The number of pyridine rings is 1. The maximum Gasteiger partial charge on any atom is 0.248 e. The zero-order valence-corrected chi connectivity index (χ0v) is 10.3. The summed E-state index contributed by atoms with van der Waals surface area (Å²) in [5.74, 6) is 0.316. The number of amides is 1. The Morgan fingerprint density at radius 2 is 2.28 bits per heavy atom. The lowest BCUT2D eigenvalue weighted by atomic mass is 10.3. The summed E-state index contributed by atoms with van der Waals surface area (Å²) in [7, 11) is 0. The highest BCUT2D eigenvalue weighted by Crippen LogP contribution is 2.09. The molecule has 0 aromatic carbocycles. The van der Waals surface area contributed by atoms with Crippen LogP contribution in [0.2, 0.25) is 0 Å². The van der Waals surface area contributed by atoms with E-state index in [1.807, 2.05) is 12.1 Å². The molecule has 5 heteroatoms. The number of hydrogen-bond donors (Lipinski definition) is 1. The number of aromatic nitrogens is 1. The van der Waals surface area contributed by atoms with E-state index in [-0.39, 0.29) is 5.91 Å². The van der Waals surface area contributed by atoms with Crippen LogP contribution in [0, 0.1) is 0 Å². The van der Waals surface area contributed by atoms with Gasteiger partial charge in [-0.3, -0.25) is 9.69 Å². The molecule has 18 heavy (non-hydrogen) atoms. The van der Waals surface area contributed by atoms with E-state index in [0.29, 0.717) is 5.82 Å². The molecule has 96 valence electrons. The van der Waals surface area contributed by atoms with Crippen LogP contribution in [0.25, 0.3) is 0 Å². The van der Waals surface area contributed by atoms with Crippen molar-refractivity contribution < 1.29 is 9.53 Å². The molecular formula is C13H17N3O2. The number of nitrogens with one attached hydrogen (secondary N) is 1. The summed E-state index contributed by atoms with van der Waals surface area (Å²) in [5, 5.41) is 2.66. The van der Waals surface area contributed by atoms with Crippen LogP contribution in [0.4, 0.5) is 5.82 Å². The van der Waals surface area contributed by atoms with Crippen molar-refractivity contribution in [2.24, 2.45) is 0 Å². The van der Waals surface area contributed by atoms with Crippen LogP contribution in [-0.2, 0) is 16.1 Å². The lowest BCUT2D eigenvalue weighted by molar-refractivity contribution is -0.111. The quantitative estimate of drug-likeness (QED) is 0.808. The predicted molar refractivity (Wildman–Crippen MR) is 69.2 cm³/mol. The molecule has 1 aromatic heterocycles. The van der Waals surface area contributed by atoms with Crippen molar-refractivity contribution in [1.82, 2.24) is 9.88 Å². The number of carbonyl (C=O) groups excluding carboxylic acids is 1. The Bertz CT molecular complexity index is 428. The number of morpholine rings is 1. The van der Waals surface area contributed by atoms with E-state index in [1.54, 1.807) is 6.07 Å². The van der Waals surface area contributed by atoms with E-state index >= 15 is 0 Å². The number of nitrogens with zero attached hydrogens (tertiary/aromatic N) is 2. The van der Waals surface area contributed by atoms with Crippen LogP contribution < -0.4 is 5.32 Å². The van der Waals surface area contributed by atoms with Gasteiger partial charge in [-0.2, -0.15) is 0 Å². The van der Waals surface area contributed by atoms with Crippen LogP contribution >= 0.6 is 0 Å². The molecule has 0 bridgehead atoms. The van der Waals surface area contributed by atoms with Gasteiger partial charge in [-0.05, 0) is 18.2 Å². The summed E-state index contributed by atoms with van der Waals surface area (Å²) >= 11 is 0. The van der Waals surface area contributed by atoms with E-state index in [9.17, 15) is 4.79 Å². The Hall–Kier alpha value is -1.72. The summed E-state index contributed by atoms with van der Waals surface area (Å²) in [4.78, 5) is 17.9. The fraction of sp³-hybridized carbons (Fsp3) is 0.385. The first-order chi connectivity index (χ1) is 8.78. The molecule has 5 nitrogen and oxygen atoms in total. The molecule has 0 aliphatic carbocycles. The number of carbonyl (C=O) groups is 1. The molecule has 1 N–H and O–H groups in total. The highest BCUT2D eigenvalue weighted by atomic mass is 16.5. The Labute approximate surface area is 106 Å². The molecule has 1 aromatic rings.